The minimum atomic E-state index is -3.32. The molecule has 0 spiro atoms. The summed E-state index contributed by atoms with van der Waals surface area (Å²) in [4.78, 5) is 14.2. The number of benzene rings is 2. The second-order valence-corrected chi connectivity index (χ2v) is 8.83. The third kappa shape index (κ3) is 6.72. The molecule has 1 heterocycles. The summed E-state index contributed by atoms with van der Waals surface area (Å²) in [5, 5.41) is 2.84. The highest BCUT2D eigenvalue weighted by atomic mass is 32.2. The van der Waals surface area contributed by atoms with E-state index in [0.29, 0.717) is 30.9 Å². The van der Waals surface area contributed by atoms with Gasteiger partial charge in [0.2, 0.25) is 10.0 Å². The van der Waals surface area contributed by atoms with Crippen LogP contribution in [0, 0.1) is 5.82 Å². The molecule has 2 aromatic rings. The van der Waals surface area contributed by atoms with E-state index in [4.69, 9.17) is 4.74 Å². The lowest BCUT2D eigenvalue weighted by molar-refractivity contribution is 0.190. The van der Waals surface area contributed by atoms with E-state index in [1.807, 2.05) is 6.07 Å². The maximum absolute atomic E-state index is 13.2. The van der Waals surface area contributed by atoms with Crippen LogP contribution in [0.4, 0.5) is 14.9 Å². The van der Waals surface area contributed by atoms with Gasteiger partial charge in [0, 0.05) is 30.9 Å². The summed E-state index contributed by atoms with van der Waals surface area (Å²) >= 11 is 0. The number of nitrogens with one attached hydrogen (secondary N) is 2. The largest absolute Gasteiger partial charge is 0.489 e. The molecule has 0 radical (unpaired) electrons. The number of urea groups is 1. The monoisotopic (exact) mass is 421 g/mol. The first-order valence-corrected chi connectivity index (χ1v) is 11.2. The molecule has 0 aromatic heterocycles. The fourth-order valence-corrected chi connectivity index (χ4v) is 4.02. The van der Waals surface area contributed by atoms with Crippen LogP contribution in [0.15, 0.2) is 48.5 Å². The van der Waals surface area contributed by atoms with E-state index in [0.717, 1.165) is 18.2 Å². The quantitative estimate of drug-likeness (QED) is 0.751. The summed E-state index contributed by atoms with van der Waals surface area (Å²) in [5.74, 6) is 0.0610. The van der Waals surface area contributed by atoms with Crippen LogP contribution in [0.25, 0.3) is 0 Å². The fourth-order valence-electron chi connectivity index (χ4n) is 3.23. The van der Waals surface area contributed by atoms with Gasteiger partial charge in [0.25, 0.3) is 0 Å². The van der Waals surface area contributed by atoms with Gasteiger partial charge in [0.05, 0.1) is 6.26 Å². The first-order chi connectivity index (χ1) is 13.8. The zero-order valence-electron chi connectivity index (χ0n) is 16.1. The van der Waals surface area contributed by atoms with Crippen molar-refractivity contribution in [1.29, 1.82) is 0 Å². The van der Waals surface area contributed by atoms with Gasteiger partial charge < -0.3 is 15.0 Å². The Kier molecular flexibility index (Phi) is 6.71. The van der Waals surface area contributed by atoms with Crippen LogP contribution in [0.1, 0.15) is 18.4 Å². The number of sulfonamides is 1. The molecule has 1 atom stereocenters. The summed E-state index contributed by atoms with van der Waals surface area (Å²) in [6.07, 6.45) is 2.54. The minimum absolute atomic E-state index is 0.233. The van der Waals surface area contributed by atoms with Crippen molar-refractivity contribution in [2.45, 2.75) is 25.5 Å². The molecule has 9 heteroatoms. The maximum atomic E-state index is 13.2. The predicted octanol–water partition coefficient (Wildman–Crippen LogP) is 2.95. The first kappa shape index (κ1) is 21.1. The lowest BCUT2D eigenvalue weighted by Gasteiger charge is -2.32. The molecule has 156 valence electrons. The normalized spacial score (nSPS) is 17.0. The van der Waals surface area contributed by atoms with Crippen molar-refractivity contribution < 1.29 is 22.3 Å². The smallest absolute Gasteiger partial charge is 0.321 e. The third-order valence-corrected chi connectivity index (χ3v) is 5.23. The molecule has 2 N–H and O–H groups in total. The molecule has 1 saturated heterocycles. The molecular formula is C20H24FN3O4S. The molecule has 0 bridgehead atoms. The van der Waals surface area contributed by atoms with Gasteiger partial charge in [-0.3, -0.25) is 0 Å². The van der Waals surface area contributed by atoms with Crippen LogP contribution in [0.3, 0.4) is 0 Å². The average Bonchev–Trinajstić information content (AvgIpc) is 2.66. The van der Waals surface area contributed by atoms with Gasteiger partial charge in [-0.25, -0.2) is 22.3 Å². The Hall–Kier alpha value is -2.65. The van der Waals surface area contributed by atoms with E-state index < -0.39 is 10.0 Å². The number of anilines is 1. The van der Waals surface area contributed by atoms with Crippen molar-refractivity contribution in [1.82, 2.24) is 9.62 Å². The molecule has 3 rings (SSSR count). The Balaban J connectivity index is 1.57. The van der Waals surface area contributed by atoms with Crippen molar-refractivity contribution in [2.24, 2.45) is 0 Å². The fraction of sp³-hybridized carbons (Fsp3) is 0.350. The third-order valence-electron chi connectivity index (χ3n) is 4.47. The number of amides is 2. The molecule has 0 saturated carbocycles. The number of hydrogen-bond acceptors (Lipinski definition) is 4. The van der Waals surface area contributed by atoms with Crippen molar-refractivity contribution in [3.8, 4) is 5.75 Å². The summed E-state index contributed by atoms with van der Waals surface area (Å²) in [6.45, 7) is 1.12. The van der Waals surface area contributed by atoms with E-state index in [1.54, 1.807) is 35.2 Å². The van der Waals surface area contributed by atoms with Crippen molar-refractivity contribution >= 4 is 21.7 Å². The van der Waals surface area contributed by atoms with Gasteiger partial charge in [-0.2, -0.15) is 0 Å². The number of hydrogen-bond donors (Lipinski definition) is 2. The second kappa shape index (κ2) is 9.23. The van der Waals surface area contributed by atoms with Crippen LogP contribution in [-0.2, 0) is 16.6 Å². The van der Waals surface area contributed by atoms with Gasteiger partial charge in [-0.05, 0) is 42.7 Å². The Labute approximate surface area is 169 Å². The lowest BCUT2D eigenvalue weighted by Crippen LogP contribution is -2.50. The van der Waals surface area contributed by atoms with Crippen LogP contribution in [-0.4, -0.2) is 44.7 Å². The molecule has 0 aliphatic carbocycles. The highest BCUT2D eigenvalue weighted by Crippen LogP contribution is 2.18. The Bertz CT molecular complexity index is 968. The number of nitrogens with zero attached hydrogens (tertiary/aromatic N) is 1. The van der Waals surface area contributed by atoms with E-state index in [9.17, 15) is 17.6 Å². The number of carbonyl (C=O) groups excluding carboxylic acids is 1. The number of rotatable bonds is 6. The molecule has 29 heavy (non-hydrogen) atoms. The Morgan fingerprint density at radius 3 is 2.79 bits per heavy atom. The van der Waals surface area contributed by atoms with Gasteiger partial charge >= 0.3 is 6.03 Å². The van der Waals surface area contributed by atoms with Crippen LogP contribution >= 0.6 is 0 Å². The van der Waals surface area contributed by atoms with Crippen LogP contribution < -0.4 is 14.8 Å². The standard InChI is InChI=1S/C20H24FN3O4S/c1-29(26,27)23-18-8-4-10-24(13-18)20(25)22-17-7-2-5-15(11-17)14-28-19-9-3-6-16(21)12-19/h2-3,5-7,9,11-12,18,23H,4,8,10,13-14H2,1H3,(H,22,25)/t18-/m0/s1. The summed E-state index contributed by atoms with van der Waals surface area (Å²) in [7, 11) is -3.32. The zero-order chi connectivity index (χ0) is 20.9. The van der Waals surface area contributed by atoms with Crippen molar-refractivity contribution in [3.05, 3.63) is 59.9 Å². The minimum Gasteiger partial charge on any atom is -0.489 e. The predicted molar refractivity (Wildman–Crippen MR) is 109 cm³/mol. The zero-order valence-corrected chi connectivity index (χ0v) is 16.9. The van der Waals surface area contributed by atoms with Gasteiger partial charge in [0.1, 0.15) is 18.2 Å². The molecule has 2 amide bonds. The first-order valence-electron chi connectivity index (χ1n) is 9.29. The summed E-state index contributed by atoms with van der Waals surface area (Å²) < 4.78 is 44.2. The highest BCUT2D eigenvalue weighted by molar-refractivity contribution is 7.88. The SMILES string of the molecule is CS(=O)(=O)N[C@H]1CCCN(C(=O)Nc2cccc(COc3cccc(F)c3)c2)C1. The van der Waals surface area contributed by atoms with Crippen molar-refractivity contribution in [2.75, 3.05) is 24.7 Å². The van der Waals surface area contributed by atoms with E-state index in [1.165, 1.54) is 12.1 Å². The number of halogens is 1. The summed E-state index contributed by atoms with van der Waals surface area (Å²) in [5.41, 5.74) is 1.43. The van der Waals surface area contributed by atoms with Crippen LogP contribution in [0.2, 0.25) is 0 Å². The van der Waals surface area contributed by atoms with E-state index in [-0.39, 0.29) is 24.5 Å². The van der Waals surface area contributed by atoms with Gasteiger partial charge in [0.15, 0.2) is 0 Å². The number of carbonyl (C=O) groups is 1. The molecule has 1 aliphatic heterocycles. The van der Waals surface area contributed by atoms with Gasteiger partial charge in [-0.1, -0.05) is 18.2 Å². The van der Waals surface area contributed by atoms with E-state index in [2.05, 4.69) is 10.0 Å². The highest BCUT2D eigenvalue weighted by Gasteiger charge is 2.25. The molecule has 1 aliphatic rings. The topological polar surface area (TPSA) is 87.7 Å². The number of likely N-dealkylation sites (tertiary alicyclic amines) is 1. The van der Waals surface area contributed by atoms with Gasteiger partial charge in [-0.15, -0.1) is 0 Å². The molecule has 1 fully saturated rings. The lowest BCUT2D eigenvalue weighted by atomic mass is 10.1. The van der Waals surface area contributed by atoms with Crippen molar-refractivity contribution in [3.63, 3.8) is 0 Å². The molecular weight excluding hydrogens is 397 g/mol. The Morgan fingerprint density at radius 2 is 2.03 bits per heavy atom. The number of piperidine rings is 1. The number of ether oxygens (including phenoxy) is 1. The van der Waals surface area contributed by atoms with Crippen LogP contribution in [0.5, 0.6) is 5.75 Å². The van der Waals surface area contributed by atoms with E-state index >= 15 is 0 Å². The molecule has 2 aromatic carbocycles. The second-order valence-electron chi connectivity index (χ2n) is 7.05. The maximum Gasteiger partial charge on any atom is 0.321 e. The average molecular weight is 421 g/mol. The molecule has 7 nitrogen and oxygen atoms in total. The summed E-state index contributed by atoms with van der Waals surface area (Å²) in [6, 6.07) is 12.5. The molecule has 0 unspecified atom stereocenters. The Morgan fingerprint density at radius 1 is 1.24 bits per heavy atom.